The highest BCUT2D eigenvalue weighted by Gasteiger charge is 1.99. The molecule has 96 valence electrons. The molecule has 1 aromatic rings. The number of nitrogens with zero attached hydrogens (tertiary/aromatic N) is 1. The third-order valence-corrected chi connectivity index (χ3v) is 2.27. The molecule has 4 heteroatoms. The van der Waals surface area contributed by atoms with Crippen LogP contribution in [0.4, 0.5) is 11.4 Å². The number of amidine groups is 1. The van der Waals surface area contributed by atoms with Gasteiger partial charge in [-0.2, -0.15) is 0 Å². The Morgan fingerprint density at radius 1 is 1.28 bits per heavy atom. The second kappa shape index (κ2) is 7.27. The zero-order valence-electron chi connectivity index (χ0n) is 10.9. The van der Waals surface area contributed by atoms with Gasteiger partial charge in [-0.3, -0.25) is 9.79 Å². The molecule has 0 radical (unpaired) electrons. The molecule has 1 aromatic carbocycles. The van der Waals surface area contributed by atoms with Crippen LogP contribution >= 0.6 is 0 Å². The minimum Gasteiger partial charge on any atom is -0.344 e. The van der Waals surface area contributed by atoms with Crippen LogP contribution in [0.1, 0.15) is 20.3 Å². The van der Waals surface area contributed by atoms with Crippen LogP contribution < -0.4 is 10.6 Å². The van der Waals surface area contributed by atoms with E-state index in [0.717, 1.165) is 17.2 Å². The van der Waals surface area contributed by atoms with E-state index in [0.29, 0.717) is 13.0 Å². The maximum atomic E-state index is 11.2. The second-order valence-corrected chi connectivity index (χ2v) is 3.82. The summed E-state index contributed by atoms with van der Waals surface area (Å²) in [5.74, 6) is 0.847. The number of benzene rings is 1. The molecular weight excluding hydrogens is 226 g/mol. The Balaban J connectivity index is 2.60. The Hall–Kier alpha value is -2.10. The van der Waals surface area contributed by atoms with Crippen LogP contribution in [-0.2, 0) is 4.79 Å². The maximum Gasteiger partial charge on any atom is 0.224 e. The van der Waals surface area contributed by atoms with Crippen LogP contribution in [0.3, 0.4) is 0 Å². The van der Waals surface area contributed by atoms with Crippen molar-refractivity contribution in [3.63, 3.8) is 0 Å². The van der Waals surface area contributed by atoms with Gasteiger partial charge in [0.2, 0.25) is 5.91 Å². The van der Waals surface area contributed by atoms with Crippen molar-refractivity contribution in [3.8, 4) is 0 Å². The first-order valence-corrected chi connectivity index (χ1v) is 5.94. The van der Waals surface area contributed by atoms with E-state index < -0.39 is 0 Å². The van der Waals surface area contributed by atoms with Crippen LogP contribution in [0.15, 0.2) is 41.9 Å². The molecule has 0 aliphatic heterocycles. The molecule has 0 atom stereocenters. The lowest BCUT2D eigenvalue weighted by molar-refractivity contribution is -0.115. The first-order chi connectivity index (χ1) is 8.65. The van der Waals surface area contributed by atoms with E-state index in [2.05, 4.69) is 22.2 Å². The van der Waals surface area contributed by atoms with Crippen LogP contribution in [0, 0.1) is 0 Å². The Morgan fingerprint density at radius 3 is 2.33 bits per heavy atom. The zero-order valence-corrected chi connectivity index (χ0v) is 10.9. The van der Waals surface area contributed by atoms with Gasteiger partial charge in [-0.15, -0.1) is 6.58 Å². The summed E-state index contributed by atoms with van der Waals surface area (Å²) in [6.45, 7) is 7.94. The quantitative estimate of drug-likeness (QED) is 0.476. The molecule has 0 saturated carbocycles. The Bertz CT molecular complexity index is 435. The largest absolute Gasteiger partial charge is 0.344 e. The fourth-order valence-corrected chi connectivity index (χ4v) is 1.34. The molecule has 0 saturated heterocycles. The lowest BCUT2D eigenvalue weighted by Gasteiger charge is -2.07. The number of amides is 1. The van der Waals surface area contributed by atoms with E-state index in [1.54, 1.807) is 6.08 Å². The van der Waals surface area contributed by atoms with E-state index in [1.807, 2.05) is 38.1 Å². The SMILES string of the molecule is C=CCN=C(C)Nc1ccc(NC(=O)CC)cc1. The molecule has 2 N–H and O–H groups in total. The van der Waals surface area contributed by atoms with E-state index in [-0.39, 0.29) is 5.91 Å². The molecule has 1 rings (SSSR count). The van der Waals surface area contributed by atoms with Gasteiger partial charge in [-0.25, -0.2) is 0 Å². The van der Waals surface area contributed by atoms with Crippen LogP contribution in [0.5, 0.6) is 0 Å². The van der Waals surface area contributed by atoms with Crippen molar-refractivity contribution in [2.24, 2.45) is 4.99 Å². The van der Waals surface area contributed by atoms with Gasteiger partial charge in [0.05, 0.1) is 12.4 Å². The van der Waals surface area contributed by atoms with E-state index in [9.17, 15) is 4.79 Å². The summed E-state index contributed by atoms with van der Waals surface area (Å²) in [6, 6.07) is 7.52. The summed E-state index contributed by atoms with van der Waals surface area (Å²) < 4.78 is 0. The van der Waals surface area contributed by atoms with Gasteiger partial charge in [-0.05, 0) is 31.2 Å². The summed E-state index contributed by atoms with van der Waals surface area (Å²) in [6.07, 6.45) is 2.22. The average molecular weight is 245 g/mol. The van der Waals surface area contributed by atoms with E-state index >= 15 is 0 Å². The topological polar surface area (TPSA) is 53.5 Å². The summed E-state index contributed by atoms with van der Waals surface area (Å²) >= 11 is 0. The minimum atomic E-state index is 0.0134. The van der Waals surface area contributed by atoms with Crippen molar-refractivity contribution < 1.29 is 4.79 Å². The molecule has 0 aliphatic carbocycles. The molecular formula is C14H19N3O. The van der Waals surface area contributed by atoms with Crippen LogP contribution in [-0.4, -0.2) is 18.3 Å². The number of nitrogens with one attached hydrogen (secondary N) is 2. The normalized spacial score (nSPS) is 10.9. The van der Waals surface area contributed by atoms with E-state index in [1.165, 1.54) is 0 Å². The van der Waals surface area contributed by atoms with Gasteiger partial charge in [-0.1, -0.05) is 13.0 Å². The van der Waals surface area contributed by atoms with Crippen molar-refractivity contribution in [1.29, 1.82) is 0 Å². The third kappa shape index (κ3) is 4.82. The van der Waals surface area contributed by atoms with Crippen molar-refractivity contribution >= 4 is 23.1 Å². The number of carbonyl (C=O) groups is 1. The Morgan fingerprint density at radius 2 is 1.83 bits per heavy atom. The third-order valence-electron chi connectivity index (χ3n) is 2.27. The number of carbonyl (C=O) groups excluding carboxylic acids is 1. The maximum absolute atomic E-state index is 11.2. The summed E-state index contributed by atoms with van der Waals surface area (Å²) in [4.78, 5) is 15.4. The van der Waals surface area contributed by atoms with E-state index in [4.69, 9.17) is 0 Å². The second-order valence-electron chi connectivity index (χ2n) is 3.82. The number of rotatable bonds is 5. The predicted molar refractivity (Wildman–Crippen MR) is 77.2 cm³/mol. The monoisotopic (exact) mass is 245 g/mol. The standard InChI is InChI=1S/C14H19N3O/c1-4-10-15-11(3)16-12-6-8-13(9-7-12)17-14(18)5-2/h4,6-9H,1,5,10H2,2-3H3,(H,15,16)(H,17,18). The van der Waals surface area contributed by atoms with Crippen LogP contribution in [0.25, 0.3) is 0 Å². The van der Waals surface area contributed by atoms with Crippen molar-refractivity contribution in [2.45, 2.75) is 20.3 Å². The molecule has 1 amide bonds. The Kier molecular flexibility index (Phi) is 5.64. The highest BCUT2D eigenvalue weighted by molar-refractivity contribution is 5.94. The Labute approximate surface area is 108 Å². The number of hydrogen-bond acceptors (Lipinski definition) is 2. The summed E-state index contributed by atoms with van der Waals surface area (Å²) in [5, 5.41) is 5.96. The van der Waals surface area contributed by atoms with Crippen LogP contribution in [0.2, 0.25) is 0 Å². The van der Waals surface area contributed by atoms with Gasteiger partial charge in [0.25, 0.3) is 0 Å². The number of aliphatic imine (C=N–C) groups is 1. The number of hydrogen-bond donors (Lipinski definition) is 2. The smallest absolute Gasteiger partial charge is 0.224 e. The fourth-order valence-electron chi connectivity index (χ4n) is 1.34. The minimum absolute atomic E-state index is 0.0134. The highest BCUT2D eigenvalue weighted by Crippen LogP contribution is 2.13. The zero-order chi connectivity index (χ0) is 13.4. The summed E-state index contributed by atoms with van der Waals surface area (Å²) in [5.41, 5.74) is 1.74. The molecule has 0 aliphatic rings. The van der Waals surface area contributed by atoms with Gasteiger partial charge >= 0.3 is 0 Å². The molecule has 0 spiro atoms. The van der Waals surface area contributed by atoms with Gasteiger partial charge in [0.15, 0.2) is 0 Å². The first-order valence-electron chi connectivity index (χ1n) is 5.94. The fraction of sp³-hybridized carbons (Fsp3) is 0.286. The van der Waals surface area contributed by atoms with Crippen molar-refractivity contribution in [2.75, 3.05) is 17.2 Å². The van der Waals surface area contributed by atoms with Gasteiger partial charge < -0.3 is 10.6 Å². The lowest BCUT2D eigenvalue weighted by atomic mass is 10.2. The molecule has 0 bridgehead atoms. The van der Waals surface area contributed by atoms with Crippen molar-refractivity contribution in [3.05, 3.63) is 36.9 Å². The average Bonchev–Trinajstić information content (AvgIpc) is 2.38. The molecule has 0 fully saturated rings. The molecule has 0 heterocycles. The molecule has 0 unspecified atom stereocenters. The number of anilines is 2. The molecule has 0 aromatic heterocycles. The summed E-state index contributed by atoms with van der Waals surface area (Å²) in [7, 11) is 0. The predicted octanol–water partition coefficient (Wildman–Crippen LogP) is 3.05. The molecule has 4 nitrogen and oxygen atoms in total. The molecule has 18 heavy (non-hydrogen) atoms. The lowest BCUT2D eigenvalue weighted by Crippen LogP contribution is -2.10. The van der Waals surface area contributed by atoms with Crippen molar-refractivity contribution in [1.82, 2.24) is 0 Å². The highest BCUT2D eigenvalue weighted by atomic mass is 16.1. The first kappa shape index (κ1) is 14.0. The van der Waals surface area contributed by atoms with Gasteiger partial charge in [0, 0.05) is 17.8 Å². The van der Waals surface area contributed by atoms with Gasteiger partial charge in [0.1, 0.15) is 0 Å².